The number of aromatic nitrogens is 1. The van der Waals surface area contributed by atoms with Crippen molar-refractivity contribution in [3.63, 3.8) is 0 Å². The number of carbonyl (C=O) groups is 1. The number of hydrogen-bond acceptors (Lipinski definition) is 3. The van der Waals surface area contributed by atoms with Crippen LogP contribution in [0.5, 0.6) is 5.75 Å². The molecule has 0 unspecified atom stereocenters. The number of aromatic hydroxyl groups is 1. The van der Waals surface area contributed by atoms with Gasteiger partial charge in [0.05, 0.1) is 5.52 Å². The van der Waals surface area contributed by atoms with Crippen LogP contribution in [0.15, 0.2) is 41.2 Å². The van der Waals surface area contributed by atoms with Crippen molar-refractivity contribution in [1.29, 1.82) is 0 Å². The average molecular weight is 229 g/mol. The lowest BCUT2D eigenvalue weighted by Crippen LogP contribution is -2.05. The summed E-state index contributed by atoms with van der Waals surface area (Å²) in [4.78, 5) is 25.5. The fraction of sp³-hybridized carbons (Fsp3) is 0.0769. The highest BCUT2D eigenvalue weighted by Gasteiger charge is 2.10. The van der Waals surface area contributed by atoms with Crippen molar-refractivity contribution in [2.45, 2.75) is 6.92 Å². The minimum absolute atomic E-state index is 0.0465. The summed E-state index contributed by atoms with van der Waals surface area (Å²) < 4.78 is 0. The molecule has 17 heavy (non-hydrogen) atoms. The van der Waals surface area contributed by atoms with Gasteiger partial charge < -0.3 is 10.1 Å². The summed E-state index contributed by atoms with van der Waals surface area (Å²) in [6.07, 6.45) is 3.09. The Morgan fingerprint density at radius 2 is 2.06 bits per heavy atom. The van der Waals surface area contributed by atoms with Crippen LogP contribution in [0, 0.1) is 0 Å². The normalized spacial score (nSPS) is 11.1. The molecular formula is C13H11NO3. The molecule has 2 rings (SSSR count). The van der Waals surface area contributed by atoms with Crippen molar-refractivity contribution < 1.29 is 9.90 Å². The smallest absolute Gasteiger partial charge is 0.248 e. The summed E-state index contributed by atoms with van der Waals surface area (Å²) in [7, 11) is 0. The molecule has 1 aromatic heterocycles. The van der Waals surface area contributed by atoms with Crippen LogP contribution < -0.4 is 5.56 Å². The lowest BCUT2D eigenvalue weighted by Gasteiger charge is -2.04. The van der Waals surface area contributed by atoms with E-state index in [0.717, 1.165) is 0 Å². The third kappa shape index (κ3) is 1.97. The fourth-order valence-electron chi connectivity index (χ4n) is 1.69. The molecule has 0 spiro atoms. The van der Waals surface area contributed by atoms with Crippen LogP contribution in [0.4, 0.5) is 0 Å². The number of carbonyl (C=O) groups excluding carboxylic acids is 1. The number of fused-ring (bicyclic) bond motifs is 1. The van der Waals surface area contributed by atoms with Gasteiger partial charge in [-0.2, -0.15) is 0 Å². The summed E-state index contributed by atoms with van der Waals surface area (Å²) in [6.45, 7) is 1.75. The molecule has 2 aromatic rings. The first-order valence-corrected chi connectivity index (χ1v) is 5.15. The van der Waals surface area contributed by atoms with Gasteiger partial charge in [0.2, 0.25) is 5.56 Å². The number of allylic oxidation sites excluding steroid dienone is 2. The van der Waals surface area contributed by atoms with Crippen molar-refractivity contribution in [2.24, 2.45) is 0 Å². The average Bonchev–Trinajstić information content (AvgIpc) is 2.30. The highest BCUT2D eigenvalue weighted by molar-refractivity contribution is 6.13. The molecular weight excluding hydrogens is 218 g/mol. The number of ketones is 1. The van der Waals surface area contributed by atoms with Crippen LogP contribution in [0.1, 0.15) is 17.3 Å². The molecule has 0 radical (unpaired) electrons. The van der Waals surface area contributed by atoms with Crippen molar-refractivity contribution in [3.05, 3.63) is 52.3 Å². The third-order valence-electron chi connectivity index (χ3n) is 2.46. The number of pyridine rings is 1. The summed E-state index contributed by atoms with van der Waals surface area (Å²) in [6, 6.07) is 5.80. The second-order valence-electron chi connectivity index (χ2n) is 3.61. The van der Waals surface area contributed by atoms with Gasteiger partial charge in [-0.25, -0.2) is 0 Å². The Morgan fingerprint density at radius 1 is 1.29 bits per heavy atom. The minimum Gasteiger partial charge on any atom is -0.506 e. The maximum atomic E-state index is 11.8. The van der Waals surface area contributed by atoms with Gasteiger partial charge in [-0.1, -0.05) is 6.08 Å². The van der Waals surface area contributed by atoms with Gasteiger partial charge >= 0.3 is 0 Å². The number of phenols is 1. The minimum atomic E-state index is -0.316. The SMILES string of the molecule is C/C=C\C(=O)c1ccc(O)c2[nH]c(=O)ccc12. The fourth-order valence-corrected chi connectivity index (χ4v) is 1.69. The number of rotatable bonds is 2. The third-order valence-corrected chi connectivity index (χ3v) is 2.46. The first-order valence-electron chi connectivity index (χ1n) is 5.15. The summed E-state index contributed by atoms with van der Waals surface area (Å²) in [5.41, 5.74) is 0.420. The Kier molecular flexibility index (Phi) is 2.78. The van der Waals surface area contributed by atoms with E-state index in [1.807, 2.05) is 0 Å². The quantitative estimate of drug-likeness (QED) is 0.611. The molecule has 0 aliphatic heterocycles. The zero-order valence-corrected chi connectivity index (χ0v) is 9.23. The van der Waals surface area contributed by atoms with E-state index in [1.165, 1.54) is 30.3 Å². The predicted octanol–water partition coefficient (Wildman–Crippen LogP) is 1.99. The van der Waals surface area contributed by atoms with E-state index < -0.39 is 0 Å². The Bertz CT molecular complexity index is 668. The lowest BCUT2D eigenvalue weighted by molar-refractivity contribution is 0.104. The highest BCUT2D eigenvalue weighted by atomic mass is 16.3. The van der Waals surface area contributed by atoms with E-state index in [4.69, 9.17) is 0 Å². The Labute approximate surface area is 97.2 Å². The van der Waals surface area contributed by atoms with E-state index in [0.29, 0.717) is 10.9 Å². The number of H-pyrrole nitrogens is 1. The molecule has 0 atom stereocenters. The van der Waals surface area contributed by atoms with Crippen molar-refractivity contribution in [3.8, 4) is 5.75 Å². The van der Waals surface area contributed by atoms with E-state index in [2.05, 4.69) is 4.98 Å². The van der Waals surface area contributed by atoms with Crippen LogP contribution in [0.3, 0.4) is 0 Å². The summed E-state index contributed by atoms with van der Waals surface area (Å²) in [5, 5.41) is 10.2. The monoisotopic (exact) mass is 229 g/mol. The topological polar surface area (TPSA) is 70.2 Å². The van der Waals surface area contributed by atoms with E-state index in [1.54, 1.807) is 13.0 Å². The number of hydrogen-bond donors (Lipinski definition) is 2. The van der Waals surface area contributed by atoms with Crippen LogP contribution in [-0.2, 0) is 0 Å². The van der Waals surface area contributed by atoms with Crippen LogP contribution in [0.2, 0.25) is 0 Å². The van der Waals surface area contributed by atoms with E-state index in [-0.39, 0.29) is 22.6 Å². The first-order chi connectivity index (χ1) is 8.13. The molecule has 0 saturated carbocycles. The first kappa shape index (κ1) is 11.1. The standard InChI is InChI=1S/C13H11NO3/c1-2-3-10(15)8-4-6-11(16)13-9(8)5-7-12(17)14-13/h2-7,16H,1H3,(H,14,17)/b3-2-. The molecule has 1 heterocycles. The zero-order valence-electron chi connectivity index (χ0n) is 9.23. The van der Waals surface area contributed by atoms with Crippen molar-refractivity contribution in [2.75, 3.05) is 0 Å². The number of aromatic amines is 1. The molecule has 1 aromatic carbocycles. The van der Waals surface area contributed by atoms with Crippen LogP contribution in [0.25, 0.3) is 10.9 Å². The second kappa shape index (κ2) is 4.25. The Morgan fingerprint density at radius 3 is 2.76 bits per heavy atom. The maximum absolute atomic E-state index is 11.8. The summed E-state index contributed by atoms with van der Waals surface area (Å²) >= 11 is 0. The molecule has 86 valence electrons. The Balaban J connectivity index is 2.79. The van der Waals surface area contributed by atoms with Crippen LogP contribution >= 0.6 is 0 Å². The van der Waals surface area contributed by atoms with Gasteiger partial charge in [0.1, 0.15) is 5.75 Å². The molecule has 0 fully saturated rings. The summed E-state index contributed by atoms with van der Waals surface area (Å²) in [5.74, 6) is -0.209. The molecule has 0 amide bonds. The zero-order chi connectivity index (χ0) is 12.4. The van der Waals surface area contributed by atoms with Crippen LogP contribution in [-0.4, -0.2) is 15.9 Å². The van der Waals surface area contributed by atoms with Gasteiger partial charge in [0.15, 0.2) is 5.78 Å². The molecule has 0 bridgehead atoms. The van der Waals surface area contributed by atoms with E-state index >= 15 is 0 Å². The predicted molar refractivity (Wildman–Crippen MR) is 65.4 cm³/mol. The molecule has 4 nitrogen and oxygen atoms in total. The van der Waals surface area contributed by atoms with Crippen molar-refractivity contribution >= 4 is 16.7 Å². The van der Waals surface area contributed by atoms with Gasteiger partial charge in [-0.3, -0.25) is 9.59 Å². The second-order valence-corrected chi connectivity index (χ2v) is 3.61. The van der Waals surface area contributed by atoms with Crippen molar-refractivity contribution in [1.82, 2.24) is 4.98 Å². The Hall–Kier alpha value is -2.36. The molecule has 0 saturated heterocycles. The van der Waals surface area contributed by atoms with Gasteiger partial charge in [-0.05, 0) is 31.2 Å². The number of benzene rings is 1. The highest BCUT2D eigenvalue weighted by Crippen LogP contribution is 2.25. The molecule has 4 heteroatoms. The molecule has 0 aliphatic rings. The van der Waals surface area contributed by atoms with Gasteiger partial charge in [0.25, 0.3) is 0 Å². The molecule has 2 N–H and O–H groups in total. The number of phenolic OH excluding ortho intramolecular Hbond substituents is 1. The van der Waals surface area contributed by atoms with Gasteiger partial charge in [-0.15, -0.1) is 0 Å². The van der Waals surface area contributed by atoms with E-state index in [9.17, 15) is 14.7 Å². The maximum Gasteiger partial charge on any atom is 0.248 e. The lowest BCUT2D eigenvalue weighted by atomic mass is 10.0. The largest absolute Gasteiger partial charge is 0.506 e. The molecule has 0 aliphatic carbocycles. The number of nitrogens with one attached hydrogen (secondary N) is 1. The van der Waals surface area contributed by atoms with Gasteiger partial charge in [0, 0.05) is 17.0 Å².